The quantitative estimate of drug-likeness (QED) is 0.716. The van der Waals surface area contributed by atoms with Crippen LogP contribution in [0, 0.1) is 11.8 Å². The first-order valence-corrected chi connectivity index (χ1v) is 8.08. The number of hydrogen-bond acceptors (Lipinski definition) is 3. The molecule has 1 N–H and O–H groups in total. The zero-order valence-electron chi connectivity index (χ0n) is 11.3. The summed E-state index contributed by atoms with van der Waals surface area (Å²) in [5.74, 6) is 1.19. The van der Waals surface area contributed by atoms with Crippen molar-refractivity contribution in [2.24, 2.45) is 11.8 Å². The molecule has 0 saturated heterocycles. The van der Waals surface area contributed by atoms with Gasteiger partial charge in [-0.2, -0.15) is 0 Å². The van der Waals surface area contributed by atoms with Crippen molar-refractivity contribution in [2.45, 2.75) is 47.1 Å². The summed E-state index contributed by atoms with van der Waals surface area (Å²) in [7, 11) is -2.92. The Bertz CT molecular complexity index is 273. The molecule has 3 nitrogen and oxygen atoms in total. The summed E-state index contributed by atoms with van der Waals surface area (Å²) in [5.41, 5.74) is 0. The first-order chi connectivity index (χ1) is 7.32. The minimum absolute atomic E-state index is 0.0961. The average molecular weight is 249 g/mol. The molecule has 0 fully saturated rings. The Labute approximate surface area is 101 Å². The predicted octanol–water partition coefficient (Wildman–Crippen LogP) is 2.08. The summed E-state index contributed by atoms with van der Waals surface area (Å²) in [5, 5.41) is 3.28. The fourth-order valence-electron chi connectivity index (χ4n) is 1.82. The van der Waals surface area contributed by atoms with E-state index < -0.39 is 9.84 Å². The van der Waals surface area contributed by atoms with Gasteiger partial charge in [-0.05, 0) is 18.4 Å². The topological polar surface area (TPSA) is 46.2 Å². The molecule has 2 atom stereocenters. The van der Waals surface area contributed by atoms with Gasteiger partial charge in [0.25, 0.3) is 0 Å². The van der Waals surface area contributed by atoms with Crippen LogP contribution in [0.2, 0.25) is 0 Å². The lowest BCUT2D eigenvalue weighted by molar-refractivity contribution is 0.397. The fourth-order valence-corrected chi connectivity index (χ4v) is 3.97. The van der Waals surface area contributed by atoms with Crippen molar-refractivity contribution >= 4 is 9.84 Å². The second-order valence-corrected chi connectivity index (χ2v) is 7.17. The minimum atomic E-state index is -2.92. The van der Waals surface area contributed by atoms with Crippen LogP contribution in [0.1, 0.15) is 41.0 Å². The molecule has 0 aromatic rings. The second-order valence-electron chi connectivity index (χ2n) is 5.02. The minimum Gasteiger partial charge on any atom is -0.313 e. The van der Waals surface area contributed by atoms with Crippen LogP contribution in [0.3, 0.4) is 0 Å². The normalized spacial score (nSPS) is 16.4. The van der Waals surface area contributed by atoms with Crippen LogP contribution in [0.25, 0.3) is 0 Å². The van der Waals surface area contributed by atoms with Crippen molar-refractivity contribution in [2.75, 3.05) is 18.1 Å². The molecule has 0 spiro atoms. The van der Waals surface area contributed by atoms with Gasteiger partial charge < -0.3 is 5.32 Å². The Kier molecular flexibility index (Phi) is 7.24. The van der Waals surface area contributed by atoms with Gasteiger partial charge in [0.05, 0.1) is 11.5 Å². The highest BCUT2D eigenvalue weighted by Gasteiger charge is 2.23. The van der Waals surface area contributed by atoms with E-state index in [1.807, 2.05) is 20.8 Å². The smallest absolute Gasteiger partial charge is 0.152 e. The Morgan fingerprint density at radius 1 is 1.06 bits per heavy atom. The van der Waals surface area contributed by atoms with Crippen molar-refractivity contribution in [3.8, 4) is 0 Å². The zero-order chi connectivity index (χ0) is 12.8. The van der Waals surface area contributed by atoms with E-state index >= 15 is 0 Å². The molecule has 0 aliphatic heterocycles. The predicted molar refractivity (Wildman–Crippen MR) is 70.4 cm³/mol. The summed E-state index contributed by atoms with van der Waals surface area (Å²) < 4.78 is 23.8. The van der Waals surface area contributed by atoms with E-state index in [0.717, 1.165) is 13.0 Å². The third kappa shape index (κ3) is 6.48. The molecule has 98 valence electrons. The van der Waals surface area contributed by atoms with Gasteiger partial charge in [0.1, 0.15) is 0 Å². The van der Waals surface area contributed by atoms with Gasteiger partial charge in [-0.25, -0.2) is 8.42 Å². The van der Waals surface area contributed by atoms with Crippen LogP contribution < -0.4 is 5.32 Å². The van der Waals surface area contributed by atoms with Gasteiger partial charge in [0.15, 0.2) is 9.84 Å². The summed E-state index contributed by atoms with van der Waals surface area (Å²) in [6, 6.07) is 0.0961. The van der Waals surface area contributed by atoms with Gasteiger partial charge >= 0.3 is 0 Å². The molecule has 0 aromatic carbocycles. The molecule has 0 heterocycles. The summed E-state index contributed by atoms with van der Waals surface area (Å²) in [6.45, 7) is 10.9. The molecule has 4 heteroatoms. The number of sulfone groups is 1. The van der Waals surface area contributed by atoms with E-state index in [1.165, 1.54) is 0 Å². The highest BCUT2D eigenvalue weighted by atomic mass is 32.2. The molecule has 0 aliphatic carbocycles. The van der Waals surface area contributed by atoms with Crippen molar-refractivity contribution in [3.63, 3.8) is 0 Å². The number of hydrogen-bond donors (Lipinski definition) is 1. The molecule has 0 aromatic heterocycles. The summed E-state index contributed by atoms with van der Waals surface area (Å²) in [4.78, 5) is 0. The molecule has 0 saturated carbocycles. The van der Waals surface area contributed by atoms with Crippen LogP contribution in [-0.2, 0) is 9.84 Å². The Hall–Kier alpha value is -0.0900. The highest BCUT2D eigenvalue weighted by molar-refractivity contribution is 7.91. The lowest BCUT2D eigenvalue weighted by Crippen LogP contribution is -2.41. The van der Waals surface area contributed by atoms with Crippen LogP contribution in [-0.4, -0.2) is 32.5 Å². The number of rotatable bonds is 8. The van der Waals surface area contributed by atoms with Crippen molar-refractivity contribution < 1.29 is 8.42 Å². The van der Waals surface area contributed by atoms with Gasteiger partial charge in [0.2, 0.25) is 0 Å². The van der Waals surface area contributed by atoms with Crippen molar-refractivity contribution in [1.82, 2.24) is 5.32 Å². The van der Waals surface area contributed by atoms with Crippen molar-refractivity contribution in [1.29, 1.82) is 0 Å². The molecule has 0 amide bonds. The molecule has 0 rings (SSSR count). The maximum absolute atomic E-state index is 11.9. The molecule has 0 bridgehead atoms. The third-order valence-corrected chi connectivity index (χ3v) is 4.86. The monoisotopic (exact) mass is 249 g/mol. The standard InChI is InChI=1S/C12H27NO2S/c1-6-11(5)12(13-7-2)9-16(14,15)8-10(3)4/h10-13H,6-9H2,1-5H3. The molecular weight excluding hydrogens is 222 g/mol. The van der Waals surface area contributed by atoms with Crippen LogP contribution in [0.15, 0.2) is 0 Å². The third-order valence-electron chi connectivity index (χ3n) is 2.82. The first-order valence-electron chi connectivity index (χ1n) is 6.26. The van der Waals surface area contributed by atoms with E-state index in [0.29, 0.717) is 11.7 Å². The fraction of sp³-hybridized carbons (Fsp3) is 1.00. The van der Waals surface area contributed by atoms with E-state index in [9.17, 15) is 8.42 Å². The van der Waals surface area contributed by atoms with E-state index in [4.69, 9.17) is 0 Å². The van der Waals surface area contributed by atoms with Crippen LogP contribution in [0.5, 0.6) is 0 Å². The molecule has 16 heavy (non-hydrogen) atoms. The summed E-state index contributed by atoms with van der Waals surface area (Å²) in [6.07, 6.45) is 1.01. The Balaban J connectivity index is 4.49. The van der Waals surface area contributed by atoms with Crippen LogP contribution in [0.4, 0.5) is 0 Å². The average Bonchev–Trinajstić information content (AvgIpc) is 2.13. The SMILES string of the molecule is CCNC(CS(=O)(=O)CC(C)C)C(C)CC. The lowest BCUT2D eigenvalue weighted by Gasteiger charge is -2.24. The lowest BCUT2D eigenvalue weighted by atomic mass is 10.0. The zero-order valence-corrected chi connectivity index (χ0v) is 12.1. The van der Waals surface area contributed by atoms with Gasteiger partial charge in [-0.1, -0.05) is 41.0 Å². The molecule has 2 unspecified atom stereocenters. The molecule has 0 aliphatic rings. The van der Waals surface area contributed by atoms with Gasteiger partial charge in [-0.15, -0.1) is 0 Å². The molecule has 0 radical (unpaired) electrons. The maximum atomic E-state index is 11.9. The maximum Gasteiger partial charge on any atom is 0.152 e. The van der Waals surface area contributed by atoms with E-state index in [1.54, 1.807) is 0 Å². The van der Waals surface area contributed by atoms with E-state index in [-0.39, 0.29) is 17.7 Å². The highest BCUT2D eigenvalue weighted by Crippen LogP contribution is 2.12. The summed E-state index contributed by atoms with van der Waals surface area (Å²) >= 11 is 0. The Morgan fingerprint density at radius 2 is 1.62 bits per heavy atom. The van der Waals surface area contributed by atoms with Gasteiger partial charge in [0, 0.05) is 6.04 Å². The second kappa shape index (κ2) is 7.28. The van der Waals surface area contributed by atoms with Crippen molar-refractivity contribution in [3.05, 3.63) is 0 Å². The molecular formula is C12H27NO2S. The van der Waals surface area contributed by atoms with Crippen LogP contribution >= 0.6 is 0 Å². The number of nitrogens with one attached hydrogen (secondary N) is 1. The van der Waals surface area contributed by atoms with Gasteiger partial charge in [-0.3, -0.25) is 0 Å². The van der Waals surface area contributed by atoms with E-state index in [2.05, 4.69) is 19.2 Å². The first kappa shape index (κ1) is 15.9. The largest absolute Gasteiger partial charge is 0.313 e. The Morgan fingerprint density at radius 3 is 2.00 bits per heavy atom.